The molecule has 0 aromatic rings. The fraction of sp³-hybridized carbons (Fsp3) is 0.727. The zero-order valence-corrected chi connectivity index (χ0v) is 10.6. The topological polar surface area (TPSA) is 81.7 Å². The zero-order valence-electron chi connectivity index (χ0n) is 10.6. The standard InChI is InChI=1S/C11H15F2NO5/c1-18-8(16)3-7(15)14-9(10(17)19-2)6-4-11(12,13)5-6/h6,9H,3-5H2,1-2H3,(H,14,15). The van der Waals surface area contributed by atoms with Crippen molar-refractivity contribution in [3.63, 3.8) is 0 Å². The normalized spacial score (nSPS) is 18.9. The summed E-state index contributed by atoms with van der Waals surface area (Å²) in [5, 5.41) is 2.22. The summed E-state index contributed by atoms with van der Waals surface area (Å²) < 4.78 is 34.3. The van der Waals surface area contributed by atoms with Crippen molar-refractivity contribution >= 4 is 17.8 Å². The molecule has 0 aliphatic heterocycles. The van der Waals surface area contributed by atoms with Gasteiger partial charge in [-0.15, -0.1) is 0 Å². The van der Waals surface area contributed by atoms with E-state index in [0.29, 0.717) is 0 Å². The van der Waals surface area contributed by atoms with Crippen LogP contribution in [-0.2, 0) is 23.9 Å². The number of halogens is 2. The quantitative estimate of drug-likeness (QED) is 0.576. The van der Waals surface area contributed by atoms with E-state index in [9.17, 15) is 23.2 Å². The van der Waals surface area contributed by atoms with E-state index in [4.69, 9.17) is 0 Å². The molecule has 19 heavy (non-hydrogen) atoms. The second-order valence-corrected chi connectivity index (χ2v) is 4.35. The number of amides is 1. The predicted molar refractivity (Wildman–Crippen MR) is 58.3 cm³/mol. The third-order valence-electron chi connectivity index (χ3n) is 2.90. The summed E-state index contributed by atoms with van der Waals surface area (Å²) in [7, 11) is 2.21. The second-order valence-electron chi connectivity index (χ2n) is 4.35. The summed E-state index contributed by atoms with van der Waals surface area (Å²) in [6.07, 6.45) is -1.57. The van der Waals surface area contributed by atoms with Crippen LogP contribution in [-0.4, -0.2) is 44.0 Å². The number of nitrogens with one attached hydrogen (secondary N) is 1. The molecule has 0 aromatic carbocycles. The van der Waals surface area contributed by atoms with Crippen LogP contribution in [0.15, 0.2) is 0 Å². The molecule has 6 nitrogen and oxygen atoms in total. The van der Waals surface area contributed by atoms with Gasteiger partial charge in [0.1, 0.15) is 12.5 Å². The third-order valence-corrected chi connectivity index (χ3v) is 2.90. The molecule has 0 heterocycles. The highest BCUT2D eigenvalue weighted by Gasteiger charge is 2.51. The Balaban J connectivity index is 2.59. The van der Waals surface area contributed by atoms with E-state index in [1.165, 1.54) is 0 Å². The Morgan fingerprint density at radius 1 is 1.26 bits per heavy atom. The van der Waals surface area contributed by atoms with Crippen LogP contribution >= 0.6 is 0 Å². The van der Waals surface area contributed by atoms with Crippen LogP contribution in [0.4, 0.5) is 8.78 Å². The molecule has 1 rings (SSSR count). The molecule has 1 aliphatic carbocycles. The number of carbonyl (C=O) groups is 3. The number of carbonyl (C=O) groups excluding carboxylic acids is 3. The molecule has 1 unspecified atom stereocenters. The Morgan fingerprint density at radius 3 is 2.26 bits per heavy atom. The van der Waals surface area contributed by atoms with Gasteiger partial charge in [0.15, 0.2) is 0 Å². The summed E-state index contributed by atoms with van der Waals surface area (Å²) >= 11 is 0. The maximum Gasteiger partial charge on any atom is 0.328 e. The van der Waals surface area contributed by atoms with Crippen molar-refractivity contribution in [1.82, 2.24) is 5.32 Å². The van der Waals surface area contributed by atoms with Crippen molar-refractivity contribution in [3.05, 3.63) is 0 Å². The second kappa shape index (κ2) is 5.94. The maximum absolute atomic E-state index is 12.8. The SMILES string of the molecule is COC(=O)CC(=O)NC(C(=O)OC)C1CC(F)(F)C1. The van der Waals surface area contributed by atoms with Crippen molar-refractivity contribution < 1.29 is 32.6 Å². The first-order valence-electron chi connectivity index (χ1n) is 5.61. The van der Waals surface area contributed by atoms with Gasteiger partial charge in [0.25, 0.3) is 0 Å². The molecule has 108 valence electrons. The molecule has 1 fully saturated rings. The lowest BCUT2D eigenvalue weighted by atomic mass is 9.76. The van der Waals surface area contributed by atoms with Crippen molar-refractivity contribution in [1.29, 1.82) is 0 Å². The lowest BCUT2D eigenvalue weighted by Gasteiger charge is -2.38. The molecular formula is C11H15F2NO5. The Kier molecular flexibility index (Phi) is 4.79. The van der Waals surface area contributed by atoms with Gasteiger partial charge in [0.05, 0.1) is 14.2 Å². The molecule has 1 saturated carbocycles. The minimum Gasteiger partial charge on any atom is -0.469 e. The van der Waals surface area contributed by atoms with Gasteiger partial charge in [-0.3, -0.25) is 9.59 Å². The average Bonchev–Trinajstić information content (AvgIpc) is 2.31. The van der Waals surface area contributed by atoms with Crippen LogP contribution in [0.25, 0.3) is 0 Å². The maximum atomic E-state index is 12.8. The molecule has 1 aliphatic rings. The Hall–Kier alpha value is -1.73. The van der Waals surface area contributed by atoms with Gasteiger partial charge in [-0.2, -0.15) is 0 Å². The molecule has 0 aromatic heterocycles. The van der Waals surface area contributed by atoms with E-state index in [1.54, 1.807) is 0 Å². The largest absolute Gasteiger partial charge is 0.469 e. The highest BCUT2D eigenvalue weighted by Crippen LogP contribution is 2.44. The lowest BCUT2D eigenvalue weighted by molar-refractivity contribution is -0.159. The van der Waals surface area contributed by atoms with E-state index in [0.717, 1.165) is 14.2 Å². The summed E-state index contributed by atoms with van der Waals surface area (Å²) in [5.41, 5.74) is 0. The number of rotatable bonds is 5. The van der Waals surface area contributed by atoms with E-state index in [-0.39, 0.29) is 0 Å². The molecule has 0 radical (unpaired) electrons. The lowest BCUT2D eigenvalue weighted by Crippen LogP contribution is -2.54. The van der Waals surface area contributed by atoms with Gasteiger partial charge in [0, 0.05) is 18.8 Å². The summed E-state index contributed by atoms with van der Waals surface area (Å²) in [6, 6.07) is -1.17. The molecular weight excluding hydrogens is 264 g/mol. The number of hydrogen-bond acceptors (Lipinski definition) is 5. The average molecular weight is 279 g/mol. The van der Waals surface area contributed by atoms with Crippen LogP contribution in [0.2, 0.25) is 0 Å². The summed E-state index contributed by atoms with van der Waals surface area (Å²) in [4.78, 5) is 33.8. The van der Waals surface area contributed by atoms with Gasteiger partial charge in [-0.1, -0.05) is 0 Å². The van der Waals surface area contributed by atoms with Gasteiger partial charge in [-0.05, 0) is 0 Å². The fourth-order valence-electron chi connectivity index (χ4n) is 1.87. The van der Waals surface area contributed by atoms with Crippen molar-refractivity contribution in [2.24, 2.45) is 5.92 Å². The third kappa shape index (κ3) is 4.15. The van der Waals surface area contributed by atoms with Gasteiger partial charge >= 0.3 is 11.9 Å². The van der Waals surface area contributed by atoms with Crippen LogP contribution in [0, 0.1) is 5.92 Å². The van der Waals surface area contributed by atoms with E-state index in [2.05, 4.69) is 14.8 Å². The van der Waals surface area contributed by atoms with Gasteiger partial charge < -0.3 is 14.8 Å². The molecule has 0 spiro atoms. The first kappa shape index (κ1) is 15.3. The van der Waals surface area contributed by atoms with Crippen molar-refractivity contribution in [2.75, 3.05) is 14.2 Å². The van der Waals surface area contributed by atoms with Gasteiger partial charge in [0.2, 0.25) is 11.8 Å². The highest BCUT2D eigenvalue weighted by atomic mass is 19.3. The number of alkyl halides is 2. The number of methoxy groups -OCH3 is 2. The van der Waals surface area contributed by atoms with Crippen LogP contribution < -0.4 is 5.32 Å². The first-order chi connectivity index (χ1) is 8.79. The summed E-state index contributed by atoms with van der Waals surface area (Å²) in [5.74, 6) is -5.86. The van der Waals surface area contributed by atoms with E-state index >= 15 is 0 Å². The molecule has 1 amide bonds. The van der Waals surface area contributed by atoms with Crippen molar-refractivity contribution in [2.45, 2.75) is 31.2 Å². The first-order valence-corrected chi connectivity index (χ1v) is 5.61. The molecule has 0 bridgehead atoms. The van der Waals surface area contributed by atoms with Crippen LogP contribution in [0.3, 0.4) is 0 Å². The Labute approximate surface area is 108 Å². The van der Waals surface area contributed by atoms with Crippen LogP contribution in [0.1, 0.15) is 19.3 Å². The predicted octanol–water partition coefficient (Wildman–Crippen LogP) is 0.253. The molecule has 0 saturated heterocycles. The smallest absolute Gasteiger partial charge is 0.328 e. The molecule has 1 atom stereocenters. The van der Waals surface area contributed by atoms with E-state index < -0.39 is 55.0 Å². The zero-order chi connectivity index (χ0) is 14.6. The fourth-order valence-corrected chi connectivity index (χ4v) is 1.87. The number of hydrogen-bond donors (Lipinski definition) is 1. The van der Waals surface area contributed by atoms with Crippen LogP contribution in [0.5, 0.6) is 0 Å². The van der Waals surface area contributed by atoms with E-state index in [1.807, 2.05) is 0 Å². The minimum absolute atomic E-state index is 0.495. The molecule has 1 N–H and O–H groups in total. The van der Waals surface area contributed by atoms with Gasteiger partial charge in [-0.25, -0.2) is 13.6 Å². The minimum atomic E-state index is -2.82. The monoisotopic (exact) mass is 279 g/mol. The molecule has 8 heteroatoms. The highest BCUT2D eigenvalue weighted by molar-refractivity contribution is 5.96. The number of ether oxygens (including phenoxy) is 2. The number of esters is 2. The Bertz CT molecular complexity index is 377. The van der Waals surface area contributed by atoms with Crippen molar-refractivity contribution in [3.8, 4) is 0 Å². The Morgan fingerprint density at radius 2 is 1.84 bits per heavy atom. The summed E-state index contributed by atoms with van der Waals surface area (Å²) in [6.45, 7) is 0.